The van der Waals surface area contributed by atoms with Gasteiger partial charge < -0.3 is 10.2 Å². The molecule has 2 aromatic carbocycles. The Kier molecular flexibility index (Phi) is 5.80. The van der Waals surface area contributed by atoms with Gasteiger partial charge in [0.05, 0.1) is 33.4 Å². The van der Waals surface area contributed by atoms with Crippen LogP contribution in [0.1, 0.15) is 6.92 Å². The molecule has 0 aliphatic heterocycles. The summed E-state index contributed by atoms with van der Waals surface area (Å²) in [5.74, 6) is -1.37. The van der Waals surface area contributed by atoms with Crippen LogP contribution in [0, 0.1) is 11.6 Å². The Hall–Kier alpha value is -1.85. The minimum absolute atomic E-state index is 0.103. The van der Waals surface area contributed by atoms with Crippen LogP contribution in [0.5, 0.6) is 0 Å². The van der Waals surface area contributed by atoms with Crippen molar-refractivity contribution in [3.63, 3.8) is 0 Å². The lowest BCUT2D eigenvalue weighted by molar-refractivity contribution is 0.552. The quantitative estimate of drug-likeness (QED) is 0.554. The molecule has 0 aliphatic rings. The lowest BCUT2D eigenvalue weighted by Crippen LogP contribution is -2.14. The van der Waals surface area contributed by atoms with E-state index in [2.05, 4.69) is 10.3 Å². The van der Waals surface area contributed by atoms with E-state index < -0.39 is 11.6 Å². The first-order valence-electron chi connectivity index (χ1n) is 6.86. The standard InChI is InChI=1S/C16H15Cl2F2N3/c1-3-23(2)9-21-15-7-12(18)16(8-11(15)17)22-14-5-4-10(19)6-13(14)20/h4-9,22H,3H2,1-2H3. The molecule has 2 rings (SSSR count). The molecule has 2 aromatic rings. The molecular weight excluding hydrogens is 343 g/mol. The van der Waals surface area contributed by atoms with E-state index in [1.165, 1.54) is 6.07 Å². The lowest BCUT2D eigenvalue weighted by atomic mass is 10.2. The Balaban J connectivity index is 2.27. The van der Waals surface area contributed by atoms with Gasteiger partial charge in [0.1, 0.15) is 11.6 Å². The Morgan fingerprint density at radius 2 is 1.87 bits per heavy atom. The third kappa shape index (κ3) is 4.56. The van der Waals surface area contributed by atoms with Gasteiger partial charge in [0.15, 0.2) is 0 Å². The fourth-order valence-electron chi connectivity index (χ4n) is 1.71. The highest BCUT2D eigenvalue weighted by Crippen LogP contribution is 2.36. The summed E-state index contributed by atoms with van der Waals surface area (Å²) < 4.78 is 26.6. The van der Waals surface area contributed by atoms with Gasteiger partial charge in [0.2, 0.25) is 0 Å². The number of benzene rings is 2. The molecule has 0 saturated heterocycles. The first-order chi connectivity index (χ1) is 10.9. The van der Waals surface area contributed by atoms with Gasteiger partial charge in [-0.2, -0.15) is 0 Å². The predicted octanol–water partition coefficient (Wildman–Crippen LogP) is 5.63. The van der Waals surface area contributed by atoms with Crippen molar-refractivity contribution < 1.29 is 8.78 Å². The molecule has 23 heavy (non-hydrogen) atoms. The highest BCUT2D eigenvalue weighted by molar-refractivity contribution is 6.37. The summed E-state index contributed by atoms with van der Waals surface area (Å²) in [6.07, 6.45) is 1.64. The number of halogens is 4. The van der Waals surface area contributed by atoms with Crippen molar-refractivity contribution in [1.29, 1.82) is 0 Å². The average molecular weight is 358 g/mol. The van der Waals surface area contributed by atoms with Gasteiger partial charge in [-0.25, -0.2) is 13.8 Å². The number of rotatable bonds is 5. The second-order valence-corrected chi connectivity index (χ2v) is 5.66. The summed E-state index contributed by atoms with van der Waals surface area (Å²) in [5.41, 5.74) is 1.01. The molecule has 0 atom stereocenters. The van der Waals surface area contributed by atoms with E-state index in [0.717, 1.165) is 18.7 Å². The van der Waals surface area contributed by atoms with Crippen LogP contribution in [0.4, 0.5) is 25.8 Å². The van der Waals surface area contributed by atoms with E-state index in [0.29, 0.717) is 21.4 Å². The van der Waals surface area contributed by atoms with E-state index >= 15 is 0 Å². The summed E-state index contributed by atoms with van der Waals surface area (Å²) in [4.78, 5) is 6.13. The molecular formula is C16H15Cl2F2N3. The maximum atomic E-state index is 13.7. The van der Waals surface area contributed by atoms with Gasteiger partial charge >= 0.3 is 0 Å². The zero-order chi connectivity index (χ0) is 17.0. The van der Waals surface area contributed by atoms with Crippen molar-refractivity contribution in [3.8, 4) is 0 Å². The Bertz CT molecular complexity index is 736. The van der Waals surface area contributed by atoms with Crippen LogP contribution >= 0.6 is 23.2 Å². The van der Waals surface area contributed by atoms with Crippen molar-refractivity contribution in [2.45, 2.75) is 6.92 Å². The maximum Gasteiger partial charge on any atom is 0.149 e. The zero-order valence-corrected chi connectivity index (χ0v) is 14.1. The first kappa shape index (κ1) is 17.5. The molecule has 0 heterocycles. The smallest absolute Gasteiger partial charge is 0.149 e. The van der Waals surface area contributed by atoms with Gasteiger partial charge in [-0.05, 0) is 31.2 Å². The average Bonchev–Trinajstić information content (AvgIpc) is 2.51. The van der Waals surface area contributed by atoms with Crippen LogP contribution in [0.25, 0.3) is 0 Å². The van der Waals surface area contributed by atoms with Crippen LogP contribution in [-0.4, -0.2) is 24.8 Å². The molecule has 0 unspecified atom stereocenters. The SMILES string of the molecule is CCN(C)C=Nc1cc(Cl)c(Nc2ccc(F)cc2F)cc1Cl. The zero-order valence-electron chi connectivity index (χ0n) is 12.6. The minimum Gasteiger partial charge on any atom is -0.366 e. The molecule has 0 fully saturated rings. The largest absolute Gasteiger partial charge is 0.366 e. The van der Waals surface area contributed by atoms with Gasteiger partial charge in [-0.3, -0.25) is 0 Å². The highest BCUT2D eigenvalue weighted by Gasteiger charge is 2.10. The Morgan fingerprint density at radius 1 is 1.13 bits per heavy atom. The molecule has 0 aromatic heterocycles. The van der Waals surface area contributed by atoms with E-state index in [9.17, 15) is 8.78 Å². The molecule has 0 spiro atoms. The monoisotopic (exact) mass is 357 g/mol. The van der Waals surface area contributed by atoms with Crippen LogP contribution in [0.3, 0.4) is 0 Å². The Morgan fingerprint density at radius 3 is 2.52 bits per heavy atom. The second kappa shape index (κ2) is 7.62. The van der Waals surface area contributed by atoms with Crippen LogP contribution in [-0.2, 0) is 0 Å². The van der Waals surface area contributed by atoms with Crippen molar-refractivity contribution in [1.82, 2.24) is 4.90 Å². The summed E-state index contributed by atoms with van der Waals surface area (Å²) in [6.45, 7) is 2.79. The first-order valence-corrected chi connectivity index (χ1v) is 7.62. The van der Waals surface area contributed by atoms with E-state index in [4.69, 9.17) is 23.2 Å². The number of anilines is 2. The normalized spacial score (nSPS) is 11.0. The molecule has 0 saturated carbocycles. The molecule has 0 aliphatic carbocycles. The van der Waals surface area contributed by atoms with Crippen LogP contribution in [0.2, 0.25) is 10.0 Å². The number of nitrogens with zero attached hydrogens (tertiary/aromatic N) is 2. The van der Waals surface area contributed by atoms with Crippen molar-refractivity contribution in [3.05, 3.63) is 52.0 Å². The molecule has 1 N–H and O–H groups in total. The van der Waals surface area contributed by atoms with E-state index in [1.54, 1.807) is 18.5 Å². The topological polar surface area (TPSA) is 27.6 Å². The molecule has 0 amide bonds. The lowest BCUT2D eigenvalue weighted by Gasteiger charge is -2.12. The minimum atomic E-state index is -0.719. The predicted molar refractivity (Wildman–Crippen MR) is 92.6 cm³/mol. The van der Waals surface area contributed by atoms with Crippen molar-refractivity contribution in [2.75, 3.05) is 18.9 Å². The van der Waals surface area contributed by atoms with Gasteiger partial charge in [0, 0.05) is 19.7 Å². The summed E-state index contributed by atoms with van der Waals surface area (Å²) >= 11 is 12.4. The number of aliphatic imine (C=N–C) groups is 1. The number of hydrogen-bond acceptors (Lipinski definition) is 2. The Labute approximate surface area is 143 Å². The van der Waals surface area contributed by atoms with E-state index in [-0.39, 0.29) is 5.69 Å². The second-order valence-electron chi connectivity index (χ2n) is 4.85. The van der Waals surface area contributed by atoms with Crippen molar-refractivity contribution in [2.24, 2.45) is 4.99 Å². The van der Waals surface area contributed by atoms with E-state index in [1.807, 2.05) is 18.9 Å². The fourth-order valence-corrected chi connectivity index (χ4v) is 2.13. The molecule has 0 radical (unpaired) electrons. The highest BCUT2D eigenvalue weighted by atomic mass is 35.5. The van der Waals surface area contributed by atoms with Crippen LogP contribution in [0.15, 0.2) is 35.3 Å². The third-order valence-corrected chi connectivity index (χ3v) is 3.75. The van der Waals surface area contributed by atoms with Gasteiger partial charge in [-0.1, -0.05) is 23.2 Å². The third-order valence-electron chi connectivity index (χ3n) is 3.13. The molecule has 122 valence electrons. The van der Waals surface area contributed by atoms with Gasteiger partial charge in [0.25, 0.3) is 0 Å². The van der Waals surface area contributed by atoms with Crippen LogP contribution < -0.4 is 5.32 Å². The molecule has 0 bridgehead atoms. The number of hydrogen-bond donors (Lipinski definition) is 1. The molecule has 3 nitrogen and oxygen atoms in total. The van der Waals surface area contributed by atoms with Crippen molar-refractivity contribution >= 4 is 46.6 Å². The molecule has 7 heteroatoms. The maximum absolute atomic E-state index is 13.7. The summed E-state index contributed by atoms with van der Waals surface area (Å²) in [6, 6.07) is 6.35. The fraction of sp³-hybridized carbons (Fsp3) is 0.188. The summed E-state index contributed by atoms with van der Waals surface area (Å²) in [5, 5.41) is 3.48. The summed E-state index contributed by atoms with van der Waals surface area (Å²) in [7, 11) is 1.88. The van der Waals surface area contributed by atoms with Gasteiger partial charge in [-0.15, -0.1) is 0 Å². The number of nitrogens with one attached hydrogen (secondary N) is 1.